The van der Waals surface area contributed by atoms with Gasteiger partial charge in [-0.1, -0.05) is 102 Å². The highest BCUT2D eigenvalue weighted by Gasteiger charge is 2.35. The van der Waals surface area contributed by atoms with Crippen LogP contribution in [0.5, 0.6) is 5.75 Å². The topological polar surface area (TPSA) is 96.0 Å². The first kappa shape index (κ1) is 34.2. The Bertz CT molecular complexity index is 1730. The average molecular weight is 719 g/mol. The van der Waals surface area contributed by atoms with E-state index >= 15 is 0 Å². The Hall–Kier alpha value is -4.15. The normalized spacial score (nSPS) is 14.2. The van der Waals surface area contributed by atoms with Gasteiger partial charge in [-0.15, -0.1) is 0 Å². The van der Waals surface area contributed by atoms with E-state index in [1.165, 1.54) is 24.1 Å². The molecule has 0 heterocycles. The highest BCUT2D eigenvalue weighted by molar-refractivity contribution is 9.10. The fourth-order valence-corrected chi connectivity index (χ4v) is 7.59. The molecule has 0 radical (unpaired) electrons. The van der Waals surface area contributed by atoms with Gasteiger partial charge >= 0.3 is 0 Å². The zero-order chi connectivity index (χ0) is 33.2. The van der Waals surface area contributed by atoms with E-state index < -0.39 is 28.5 Å². The summed E-state index contributed by atoms with van der Waals surface area (Å²) in [5.41, 5.74) is 1.98. The van der Waals surface area contributed by atoms with Crippen LogP contribution in [0, 0.1) is 0 Å². The van der Waals surface area contributed by atoms with Crippen LogP contribution in [0.15, 0.2) is 119 Å². The third kappa shape index (κ3) is 9.02. The van der Waals surface area contributed by atoms with E-state index in [9.17, 15) is 18.0 Å². The fourth-order valence-electron chi connectivity index (χ4n) is 5.90. The minimum Gasteiger partial charge on any atom is -0.497 e. The molecule has 47 heavy (non-hydrogen) atoms. The second kappa shape index (κ2) is 16.1. The molecular weight excluding hydrogens is 678 g/mol. The number of rotatable bonds is 13. The molecule has 10 heteroatoms. The first-order valence-electron chi connectivity index (χ1n) is 15.8. The second-order valence-electron chi connectivity index (χ2n) is 11.7. The van der Waals surface area contributed by atoms with Crippen molar-refractivity contribution in [3.05, 3.63) is 125 Å². The van der Waals surface area contributed by atoms with Crippen molar-refractivity contribution in [2.24, 2.45) is 0 Å². The average Bonchev–Trinajstić information content (AvgIpc) is 3.10. The zero-order valence-corrected chi connectivity index (χ0v) is 28.8. The number of nitrogens with one attached hydrogen (secondary N) is 1. The second-order valence-corrected chi connectivity index (χ2v) is 14.5. The largest absolute Gasteiger partial charge is 0.497 e. The predicted octanol–water partition coefficient (Wildman–Crippen LogP) is 6.74. The number of sulfonamides is 1. The Balaban J connectivity index is 1.56. The molecule has 1 aliphatic carbocycles. The lowest BCUT2D eigenvalue weighted by atomic mass is 9.94. The monoisotopic (exact) mass is 717 g/mol. The van der Waals surface area contributed by atoms with Crippen molar-refractivity contribution >= 4 is 43.5 Å². The summed E-state index contributed by atoms with van der Waals surface area (Å²) in [4.78, 5) is 30.4. The van der Waals surface area contributed by atoms with Crippen LogP contribution in [0.4, 0.5) is 5.69 Å². The van der Waals surface area contributed by atoms with Gasteiger partial charge in [0, 0.05) is 29.5 Å². The quantitative estimate of drug-likeness (QED) is 0.165. The van der Waals surface area contributed by atoms with Crippen LogP contribution < -0.4 is 14.4 Å². The number of hydrogen-bond donors (Lipinski definition) is 1. The summed E-state index contributed by atoms with van der Waals surface area (Å²) in [7, 11) is -2.69. The molecule has 246 valence electrons. The third-order valence-electron chi connectivity index (χ3n) is 8.44. The first-order chi connectivity index (χ1) is 22.7. The maximum Gasteiger partial charge on any atom is 0.264 e. The molecule has 5 rings (SSSR count). The zero-order valence-electron chi connectivity index (χ0n) is 26.4. The first-order valence-corrected chi connectivity index (χ1v) is 18.1. The highest BCUT2D eigenvalue weighted by atomic mass is 79.9. The van der Waals surface area contributed by atoms with Crippen molar-refractivity contribution in [1.29, 1.82) is 0 Å². The Morgan fingerprint density at radius 1 is 0.851 bits per heavy atom. The molecule has 1 aliphatic rings. The van der Waals surface area contributed by atoms with E-state index in [1.54, 1.807) is 42.5 Å². The number of amides is 2. The minimum atomic E-state index is -4.19. The Morgan fingerprint density at radius 3 is 2.17 bits per heavy atom. The summed E-state index contributed by atoms with van der Waals surface area (Å²) in [6.45, 7) is -0.415. The van der Waals surface area contributed by atoms with Gasteiger partial charge in [0.05, 0.1) is 17.7 Å². The minimum absolute atomic E-state index is 0.0332. The highest BCUT2D eigenvalue weighted by Crippen LogP contribution is 2.28. The van der Waals surface area contributed by atoms with Crippen molar-refractivity contribution < 1.29 is 22.7 Å². The number of anilines is 1. The molecule has 0 spiro atoms. The molecule has 1 atom stereocenters. The lowest BCUT2D eigenvalue weighted by Gasteiger charge is -2.35. The number of benzene rings is 4. The molecule has 1 fully saturated rings. The summed E-state index contributed by atoms with van der Waals surface area (Å²) >= 11 is 3.48. The van der Waals surface area contributed by atoms with E-state index in [0.717, 1.165) is 52.0 Å². The molecule has 1 N–H and O–H groups in total. The molecule has 1 saturated carbocycles. The Kier molecular flexibility index (Phi) is 11.7. The van der Waals surface area contributed by atoms with Crippen LogP contribution in [0.25, 0.3) is 0 Å². The summed E-state index contributed by atoms with van der Waals surface area (Å²) in [6, 6.07) is 30.9. The molecule has 4 aromatic carbocycles. The lowest BCUT2D eigenvalue weighted by molar-refractivity contribution is -0.140. The van der Waals surface area contributed by atoms with Crippen LogP contribution >= 0.6 is 15.9 Å². The molecular formula is C37H40BrN3O5S. The van der Waals surface area contributed by atoms with Gasteiger partial charge in [0.1, 0.15) is 18.3 Å². The van der Waals surface area contributed by atoms with Crippen molar-refractivity contribution in [2.75, 3.05) is 18.0 Å². The van der Waals surface area contributed by atoms with Crippen molar-refractivity contribution in [2.45, 2.75) is 62.0 Å². The van der Waals surface area contributed by atoms with Gasteiger partial charge in [0.25, 0.3) is 10.0 Å². The number of carbonyl (C=O) groups excluding carboxylic acids is 2. The maximum atomic E-state index is 14.7. The number of ether oxygens (including phenoxy) is 1. The number of carbonyl (C=O) groups is 2. The third-order valence-corrected chi connectivity index (χ3v) is 10.8. The molecule has 0 bridgehead atoms. The van der Waals surface area contributed by atoms with Crippen LogP contribution in [0.1, 0.15) is 43.2 Å². The number of methoxy groups -OCH3 is 1. The van der Waals surface area contributed by atoms with Crippen molar-refractivity contribution in [1.82, 2.24) is 10.2 Å². The van der Waals surface area contributed by atoms with Crippen LogP contribution in [-0.2, 0) is 32.6 Å². The smallest absolute Gasteiger partial charge is 0.264 e. The van der Waals surface area contributed by atoms with Gasteiger partial charge in [-0.25, -0.2) is 8.42 Å². The van der Waals surface area contributed by atoms with E-state index in [4.69, 9.17) is 4.74 Å². The SMILES string of the molecule is COc1cccc(N(CC(=O)N(Cc2ccc(Br)cc2)[C@@H](Cc2ccccc2)C(=O)NC2CCCCC2)S(=O)(=O)c2ccccc2)c1. The van der Waals surface area contributed by atoms with Gasteiger partial charge in [-0.2, -0.15) is 0 Å². The summed E-state index contributed by atoms with van der Waals surface area (Å²) in [5, 5.41) is 3.24. The summed E-state index contributed by atoms with van der Waals surface area (Å²) in [5.74, 6) is -0.302. The van der Waals surface area contributed by atoms with Crippen LogP contribution in [0.3, 0.4) is 0 Å². The van der Waals surface area contributed by atoms with Crippen LogP contribution in [0.2, 0.25) is 0 Å². The molecule has 0 aromatic heterocycles. The van der Waals surface area contributed by atoms with Crippen LogP contribution in [-0.4, -0.2) is 50.9 Å². The fraction of sp³-hybridized carbons (Fsp3) is 0.297. The molecule has 0 unspecified atom stereocenters. The molecule has 0 saturated heterocycles. The van der Waals surface area contributed by atoms with E-state index in [-0.39, 0.29) is 35.5 Å². The molecule has 4 aromatic rings. The number of hydrogen-bond acceptors (Lipinski definition) is 5. The molecule has 2 amide bonds. The molecule has 0 aliphatic heterocycles. The maximum absolute atomic E-state index is 14.7. The summed E-state index contributed by atoms with van der Waals surface area (Å²) in [6.07, 6.45) is 5.29. The molecule has 8 nitrogen and oxygen atoms in total. The number of halogens is 1. The van der Waals surface area contributed by atoms with E-state index in [1.807, 2.05) is 54.6 Å². The Labute approximate surface area is 285 Å². The van der Waals surface area contributed by atoms with Crippen molar-refractivity contribution in [3.8, 4) is 5.75 Å². The van der Waals surface area contributed by atoms with Crippen molar-refractivity contribution in [3.63, 3.8) is 0 Å². The summed E-state index contributed by atoms with van der Waals surface area (Å²) < 4.78 is 35.7. The lowest BCUT2D eigenvalue weighted by Crippen LogP contribution is -2.55. The number of nitrogens with zero attached hydrogens (tertiary/aromatic N) is 2. The van der Waals surface area contributed by atoms with E-state index in [0.29, 0.717) is 5.75 Å². The predicted molar refractivity (Wildman–Crippen MR) is 188 cm³/mol. The van der Waals surface area contributed by atoms with Gasteiger partial charge in [0.2, 0.25) is 11.8 Å². The Morgan fingerprint density at radius 2 is 1.51 bits per heavy atom. The van der Waals surface area contributed by atoms with Gasteiger partial charge in [-0.05, 0) is 60.4 Å². The van der Waals surface area contributed by atoms with Gasteiger partial charge in [-0.3, -0.25) is 13.9 Å². The van der Waals surface area contributed by atoms with Gasteiger partial charge < -0.3 is 15.0 Å². The van der Waals surface area contributed by atoms with Gasteiger partial charge in [0.15, 0.2) is 0 Å². The standard InChI is InChI=1S/C37H40BrN3O5S/c1-46-33-17-11-16-32(25-33)41(47(44,45)34-18-9-4-10-19-34)27-36(42)40(26-29-20-22-30(38)23-21-29)35(24-28-12-5-2-6-13-28)37(43)39-31-14-7-3-8-15-31/h2,4-6,9-13,16-23,25,31,35H,3,7-8,14-15,24,26-27H2,1H3,(H,39,43)/t35-/m0/s1. The van der Waals surface area contributed by atoms with E-state index in [2.05, 4.69) is 21.2 Å².